The molecule has 0 saturated carbocycles. The Kier molecular flexibility index (Phi) is 5.25. The first kappa shape index (κ1) is 16.6. The van der Waals surface area contributed by atoms with E-state index in [4.69, 9.17) is 0 Å². The molecule has 6 nitrogen and oxygen atoms in total. The van der Waals surface area contributed by atoms with E-state index in [1.807, 2.05) is 25.1 Å². The van der Waals surface area contributed by atoms with Gasteiger partial charge in [0.25, 0.3) is 5.91 Å². The molecule has 1 saturated heterocycles. The summed E-state index contributed by atoms with van der Waals surface area (Å²) in [7, 11) is 2.17. The number of pyridine rings is 1. The minimum Gasteiger partial charge on any atom is -0.352 e. The van der Waals surface area contributed by atoms with Crippen LogP contribution in [-0.2, 0) is 0 Å². The lowest BCUT2D eigenvalue weighted by Gasteiger charge is -2.29. The van der Waals surface area contributed by atoms with Crippen LogP contribution in [0.1, 0.15) is 35.3 Å². The number of hydrogen-bond donors (Lipinski definition) is 1. The van der Waals surface area contributed by atoms with Gasteiger partial charge in [-0.3, -0.25) is 4.79 Å². The third-order valence-corrected chi connectivity index (χ3v) is 4.68. The van der Waals surface area contributed by atoms with Crippen molar-refractivity contribution in [2.24, 2.45) is 5.92 Å². The Morgan fingerprint density at radius 3 is 3.04 bits per heavy atom. The molecule has 2 aromatic heterocycles. The number of aromatic nitrogens is 3. The molecule has 0 radical (unpaired) electrons. The van der Waals surface area contributed by atoms with Crippen LogP contribution in [-0.4, -0.2) is 52.3 Å². The first-order chi connectivity index (χ1) is 11.6. The molecule has 0 spiro atoms. The zero-order valence-corrected chi connectivity index (χ0v) is 14.4. The van der Waals surface area contributed by atoms with Gasteiger partial charge in [-0.2, -0.15) is 5.10 Å². The molecule has 1 atom stereocenters. The molecule has 1 aliphatic rings. The van der Waals surface area contributed by atoms with E-state index in [1.54, 1.807) is 17.1 Å². The number of hydrogen-bond acceptors (Lipinski definition) is 4. The second kappa shape index (κ2) is 7.57. The van der Waals surface area contributed by atoms with Gasteiger partial charge in [-0.1, -0.05) is 6.07 Å². The van der Waals surface area contributed by atoms with E-state index in [9.17, 15) is 4.79 Å². The van der Waals surface area contributed by atoms with Gasteiger partial charge in [-0.25, -0.2) is 9.67 Å². The Bertz CT molecular complexity index is 682. The summed E-state index contributed by atoms with van der Waals surface area (Å²) in [6, 6.07) is 5.64. The average molecular weight is 327 g/mol. The first-order valence-electron chi connectivity index (χ1n) is 8.58. The summed E-state index contributed by atoms with van der Waals surface area (Å²) in [6.07, 6.45) is 6.89. The maximum absolute atomic E-state index is 12.4. The number of piperidine rings is 1. The van der Waals surface area contributed by atoms with Gasteiger partial charge in [0.1, 0.15) is 0 Å². The second-order valence-electron chi connectivity index (χ2n) is 6.56. The molecule has 0 aromatic carbocycles. The van der Waals surface area contributed by atoms with Gasteiger partial charge in [0.2, 0.25) is 0 Å². The maximum atomic E-state index is 12.4. The molecule has 3 rings (SSSR count). The molecule has 3 heterocycles. The van der Waals surface area contributed by atoms with Crippen molar-refractivity contribution in [3.8, 4) is 5.82 Å². The average Bonchev–Trinajstić information content (AvgIpc) is 2.97. The highest BCUT2D eigenvalue weighted by Crippen LogP contribution is 2.18. The van der Waals surface area contributed by atoms with E-state index in [0.717, 1.165) is 24.5 Å². The summed E-state index contributed by atoms with van der Waals surface area (Å²) in [5, 5.41) is 7.34. The van der Waals surface area contributed by atoms with Crippen molar-refractivity contribution >= 4 is 5.91 Å². The van der Waals surface area contributed by atoms with Crippen molar-refractivity contribution < 1.29 is 4.79 Å². The standard InChI is InChI=1S/C18H25N5O/c1-14-16(12-21-23(14)17-7-3-4-9-19-17)18(24)20-10-8-15-6-5-11-22(2)13-15/h3-4,7,9,12,15H,5-6,8,10-11,13H2,1-2H3,(H,20,24)/t15-/m1/s1. The highest BCUT2D eigenvalue weighted by Gasteiger charge is 2.18. The van der Waals surface area contributed by atoms with E-state index in [1.165, 1.54) is 19.4 Å². The monoisotopic (exact) mass is 327 g/mol. The van der Waals surface area contributed by atoms with E-state index in [-0.39, 0.29) is 5.91 Å². The van der Waals surface area contributed by atoms with Gasteiger partial charge in [0, 0.05) is 19.3 Å². The highest BCUT2D eigenvalue weighted by molar-refractivity contribution is 5.95. The van der Waals surface area contributed by atoms with Gasteiger partial charge in [0.15, 0.2) is 5.82 Å². The highest BCUT2D eigenvalue weighted by atomic mass is 16.1. The number of nitrogens with zero attached hydrogens (tertiary/aromatic N) is 4. The van der Waals surface area contributed by atoms with Crippen LogP contribution in [0.5, 0.6) is 0 Å². The largest absolute Gasteiger partial charge is 0.352 e. The molecular weight excluding hydrogens is 302 g/mol. The zero-order chi connectivity index (χ0) is 16.9. The Labute approximate surface area is 142 Å². The fourth-order valence-electron chi connectivity index (χ4n) is 3.34. The van der Waals surface area contributed by atoms with Gasteiger partial charge < -0.3 is 10.2 Å². The van der Waals surface area contributed by atoms with E-state index >= 15 is 0 Å². The van der Waals surface area contributed by atoms with Crippen LogP contribution >= 0.6 is 0 Å². The lowest BCUT2D eigenvalue weighted by Crippen LogP contribution is -2.34. The molecule has 1 N–H and O–H groups in total. The van der Waals surface area contributed by atoms with Crippen LogP contribution in [0.25, 0.3) is 5.82 Å². The molecule has 0 unspecified atom stereocenters. The minimum atomic E-state index is -0.0566. The molecule has 1 amide bonds. The van der Waals surface area contributed by atoms with Gasteiger partial charge in [-0.05, 0) is 57.8 Å². The third-order valence-electron chi connectivity index (χ3n) is 4.68. The summed E-state index contributed by atoms with van der Waals surface area (Å²) >= 11 is 0. The van der Waals surface area contributed by atoms with Crippen LogP contribution < -0.4 is 5.32 Å². The summed E-state index contributed by atoms with van der Waals surface area (Å²) in [4.78, 5) is 19.1. The third kappa shape index (κ3) is 3.82. The summed E-state index contributed by atoms with van der Waals surface area (Å²) in [5.74, 6) is 1.35. The van der Waals surface area contributed by atoms with E-state index < -0.39 is 0 Å². The molecule has 1 fully saturated rings. The molecular formula is C18H25N5O. The molecule has 0 bridgehead atoms. The Morgan fingerprint density at radius 2 is 2.29 bits per heavy atom. The molecule has 24 heavy (non-hydrogen) atoms. The van der Waals surface area contributed by atoms with Gasteiger partial charge in [0.05, 0.1) is 17.5 Å². The van der Waals surface area contributed by atoms with Crippen LogP contribution in [0.15, 0.2) is 30.6 Å². The lowest BCUT2D eigenvalue weighted by atomic mass is 9.95. The first-order valence-corrected chi connectivity index (χ1v) is 8.58. The Balaban J connectivity index is 1.57. The smallest absolute Gasteiger partial charge is 0.254 e. The number of rotatable bonds is 5. The molecule has 0 aliphatic carbocycles. The fraction of sp³-hybridized carbons (Fsp3) is 0.500. The predicted octanol–water partition coefficient (Wildman–Crippen LogP) is 2.04. The van der Waals surface area contributed by atoms with Crippen molar-refractivity contribution in [1.82, 2.24) is 25.0 Å². The van der Waals surface area contributed by atoms with Crippen LogP contribution in [0.3, 0.4) is 0 Å². The Hall–Kier alpha value is -2.21. The summed E-state index contributed by atoms with van der Waals surface area (Å²) in [6.45, 7) is 4.93. The van der Waals surface area contributed by atoms with E-state index in [0.29, 0.717) is 18.0 Å². The number of nitrogens with one attached hydrogen (secondary N) is 1. The molecule has 6 heteroatoms. The number of amides is 1. The fourth-order valence-corrected chi connectivity index (χ4v) is 3.34. The maximum Gasteiger partial charge on any atom is 0.254 e. The van der Waals surface area contributed by atoms with Crippen molar-refractivity contribution in [2.75, 3.05) is 26.7 Å². The van der Waals surface area contributed by atoms with E-state index in [2.05, 4.69) is 27.3 Å². The van der Waals surface area contributed by atoms with Crippen molar-refractivity contribution in [3.05, 3.63) is 41.9 Å². The van der Waals surface area contributed by atoms with Crippen LogP contribution in [0.4, 0.5) is 0 Å². The normalized spacial score (nSPS) is 18.5. The lowest BCUT2D eigenvalue weighted by molar-refractivity contribution is 0.0947. The van der Waals surface area contributed by atoms with Crippen molar-refractivity contribution in [3.63, 3.8) is 0 Å². The minimum absolute atomic E-state index is 0.0566. The summed E-state index contributed by atoms with van der Waals surface area (Å²) in [5.41, 5.74) is 1.42. The van der Waals surface area contributed by atoms with Crippen LogP contribution in [0.2, 0.25) is 0 Å². The number of carbonyl (C=O) groups is 1. The zero-order valence-electron chi connectivity index (χ0n) is 14.4. The molecule has 1 aliphatic heterocycles. The second-order valence-corrected chi connectivity index (χ2v) is 6.56. The number of likely N-dealkylation sites (tertiary alicyclic amines) is 1. The van der Waals surface area contributed by atoms with Crippen molar-refractivity contribution in [2.45, 2.75) is 26.2 Å². The molecule has 2 aromatic rings. The van der Waals surface area contributed by atoms with Gasteiger partial charge >= 0.3 is 0 Å². The van der Waals surface area contributed by atoms with Crippen molar-refractivity contribution in [1.29, 1.82) is 0 Å². The van der Waals surface area contributed by atoms with Crippen LogP contribution in [0, 0.1) is 12.8 Å². The topological polar surface area (TPSA) is 63.1 Å². The molecule has 128 valence electrons. The predicted molar refractivity (Wildman–Crippen MR) is 93.3 cm³/mol. The number of carbonyl (C=O) groups excluding carboxylic acids is 1. The Morgan fingerprint density at radius 1 is 1.42 bits per heavy atom. The summed E-state index contributed by atoms with van der Waals surface area (Å²) < 4.78 is 1.70. The SMILES string of the molecule is Cc1c(C(=O)NCC[C@H]2CCCN(C)C2)cnn1-c1ccccn1. The van der Waals surface area contributed by atoms with Gasteiger partial charge in [-0.15, -0.1) is 0 Å². The quantitative estimate of drug-likeness (QED) is 0.913.